The molecule has 4 rings (SSSR count). The summed E-state index contributed by atoms with van der Waals surface area (Å²) in [5.74, 6) is -5.28. The van der Waals surface area contributed by atoms with Crippen molar-refractivity contribution < 1.29 is 26.4 Å². The molecule has 3 heterocycles. The van der Waals surface area contributed by atoms with Gasteiger partial charge < -0.3 is 4.90 Å². The van der Waals surface area contributed by atoms with Crippen LogP contribution in [0, 0.1) is 17.5 Å². The zero-order chi connectivity index (χ0) is 22.9. The van der Waals surface area contributed by atoms with Crippen LogP contribution in [0.1, 0.15) is 5.69 Å². The molecule has 0 radical (unpaired) electrons. The van der Waals surface area contributed by atoms with Gasteiger partial charge >= 0.3 is 0 Å². The number of carbonyl (C=O) groups is 1. The normalized spacial score (nSPS) is 15.2. The summed E-state index contributed by atoms with van der Waals surface area (Å²) in [6.45, 7) is -0.0130. The molecule has 32 heavy (non-hydrogen) atoms. The van der Waals surface area contributed by atoms with Crippen LogP contribution in [0.15, 0.2) is 46.9 Å². The maximum atomic E-state index is 14.0. The average molecular weight is 483 g/mol. The van der Waals surface area contributed by atoms with Crippen molar-refractivity contribution in [3.63, 3.8) is 0 Å². The fourth-order valence-electron chi connectivity index (χ4n) is 3.30. The maximum Gasteiger partial charge on any atom is 0.246 e. The van der Waals surface area contributed by atoms with Crippen molar-refractivity contribution in [2.75, 3.05) is 26.2 Å². The highest BCUT2D eigenvalue weighted by Crippen LogP contribution is 2.25. The number of hydrogen-bond donors (Lipinski definition) is 0. The third-order valence-corrected chi connectivity index (χ3v) is 7.86. The van der Waals surface area contributed by atoms with Gasteiger partial charge in [-0.15, -0.1) is 11.3 Å². The molecule has 1 fully saturated rings. The number of aromatic nitrogens is 2. The van der Waals surface area contributed by atoms with Gasteiger partial charge in [0.2, 0.25) is 15.9 Å². The SMILES string of the molecule is O=C(Cc1csc(-c2cccnc2)n1)N1CCN(S(=O)(=O)c2ccc(F)c(F)c2F)CC1. The van der Waals surface area contributed by atoms with Crippen LogP contribution < -0.4 is 0 Å². The predicted molar refractivity (Wildman–Crippen MR) is 111 cm³/mol. The molecule has 0 unspecified atom stereocenters. The molecule has 3 aromatic rings. The highest BCUT2D eigenvalue weighted by atomic mass is 32.2. The summed E-state index contributed by atoms with van der Waals surface area (Å²) in [4.78, 5) is 21.7. The largest absolute Gasteiger partial charge is 0.340 e. The first kappa shape index (κ1) is 22.4. The zero-order valence-electron chi connectivity index (χ0n) is 16.5. The summed E-state index contributed by atoms with van der Waals surface area (Å²) in [5.41, 5.74) is 1.44. The van der Waals surface area contributed by atoms with Gasteiger partial charge in [0.15, 0.2) is 17.5 Å². The molecule has 0 bridgehead atoms. The summed E-state index contributed by atoms with van der Waals surface area (Å²) in [5, 5.41) is 2.53. The first-order valence-corrected chi connectivity index (χ1v) is 11.9. The Kier molecular flexibility index (Phi) is 6.26. The van der Waals surface area contributed by atoms with Crippen LogP contribution in [0.2, 0.25) is 0 Å². The molecule has 1 saturated heterocycles. The Morgan fingerprint density at radius 2 is 1.81 bits per heavy atom. The number of benzene rings is 1. The van der Waals surface area contributed by atoms with Crippen molar-refractivity contribution >= 4 is 27.3 Å². The zero-order valence-corrected chi connectivity index (χ0v) is 18.2. The van der Waals surface area contributed by atoms with Crippen molar-refractivity contribution in [1.29, 1.82) is 0 Å². The van der Waals surface area contributed by atoms with Crippen LogP contribution in [-0.2, 0) is 21.2 Å². The highest BCUT2D eigenvalue weighted by Gasteiger charge is 2.33. The van der Waals surface area contributed by atoms with Gasteiger partial charge in [-0.1, -0.05) is 0 Å². The molecule has 12 heteroatoms. The predicted octanol–water partition coefficient (Wildman–Crippen LogP) is 2.70. The molecule has 7 nitrogen and oxygen atoms in total. The monoisotopic (exact) mass is 482 g/mol. The van der Waals surface area contributed by atoms with Gasteiger partial charge in [0, 0.05) is 49.5 Å². The van der Waals surface area contributed by atoms with E-state index in [0.29, 0.717) is 17.8 Å². The Labute approximate surface area is 186 Å². The molecule has 0 N–H and O–H groups in total. The Bertz CT molecular complexity index is 1240. The van der Waals surface area contributed by atoms with Gasteiger partial charge in [0.1, 0.15) is 9.90 Å². The van der Waals surface area contributed by atoms with Gasteiger partial charge in [0.25, 0.3) is 0 Å². The Hall–Kier alpha value is -2.83. The third-order valence-electron chi connectivity index (χ3n) is 5.00. The number of sulfonamides is 1. The second kappa shape index (κ2) is 8.96. The van der Waals surface area contributed by atoms with Gasteiger partial charge in [-0.25, -0.2) is 26.6 Å². The number of nitrogens with zero attached hydrogens (tertiary/aromatic N) is 4. The van der Waals surface area contributed by atoms with Gasteiger partial charge in [-0.3, -0.25) is 9.78 Å². The lowest BCUT2D eigenvalue weighted by atomic mass is 10.2. The minimum Gasteiger partial charge on any atom is -0.340 e. The lowest BCUT2D eigenvalue weighted by Gasteiger charge is -2.34. The Balaban J connectivity index is 1.39. The Morgan fingerprint density at radius 1 is 1.06 bits per heavy atom. The molecule has 0 spiro atoms. The molecular weight excluding hydrogens is 465 g/mol. The molecule has 1 amide bonds. The van der Waals surface area contributed by atoms with Gasteiger partial charge in [0.05, 0.1) is 12.1 Å². The molecule has 0 aliphatic carbocycles. The highest BCUT2D eigenvalue weighted by molar-refractivity contribution is 7.89. The smallest absolute Gasteiger partial charge is 0.246 e. The van der Waals surface area contributed by atoms with Crippen LogP contribution in [0.25, 0.3) is 10.6 Å². The third kappa shape index (κ3) is 4.38. The summed E-state index contributed by atoms with van der Waals surface area (Å²) < 4.78 is 66.9. The van der Waals surface area contributed by atoms with Crippen LogP contribution in [0.5, 0.6) is 0 Å². The fourth-order valence-corrected chi connectivity index (χ4v) is 5.59. The molecule has 1 aliphatic heterocycles. The lowest BCUT2D eigenvalue weighted by Crippen LogP contribution is -2.51. The summed E-state index contributed by atoms with van der Waals surface area (Å²) >= 11 is 1.39. The van der Waals surface area contributed by atoms with E-state index in [1.54, 1.807) is 23.8 Å². The van der Waals surface area contributed by atoms with Crippen LogP contribution in [0.4, 0.5) is 13.2 Å². The number of hydrogen-bond acceptors (Lipinski definition) is 6. The second-order valence-electron chi connectivity index (χ2n) is 7.02. The summed E-state index contributed by atoms with van der Waals surface area (Å²) in [6, 6.07) is 4.93. The number of thiazole rings is 1. The number of rotatable bonds is 5. The van der Waals surface area contributed by atoms with E-state index < -0.39 is 32.4 Å². The molecule has 0 saturated carbocycles. The average Bonchev–Trinajstić information content (AvgIpc) is 3.26. The number of piperazine rings is 1. The standard InChI is InChI=1S/C20H17F3N4O3S2/c21-15-3-4-16(19(23)18(15)22)32(29,30)27-8-6-26(7-9-27)17(28)10-14-12-31-20(25-14)13-2-1-5-24-11-13/h1-5,11-12H,6-10H2. The number of amides is 1. The van der Waals surface area contributed by atoms with Crippen molar-refractivity contribution in [2.24, 2.45) is 0 Å². The van der Waals surface area contributed by atoms with Crippen molar-refractivity contribution in [3.8, 4) is 10.6 Å². The van der Waals surface area contributed by atoms with E-state index in [-0.39, 0.29) is 38.5 Å². The van der Waals surface area contributed by atoms with E-state index in [0.717, 1.165) is 14.9 Å². The van der Waals surface area contributed by atoms with Crippen LogP contribution in [0.3, 0.4) is 0 Å². The first-order chi connectivity index (χ1) is 15.3. The van der Waals surface area contributed by atoms with Gasteiger partial charge in [-0.05, 0) is 24.3 Å². The van der Waals surface area contributed by atoms with E-state index in [4.69, 9.17) is 0 Å². The van der Waals surface area contributed by atoms with Crippen molar-refractivity contribution in [1.82, 2.24) is 19.2 Å². The summed E-state index contributed by atoms with van der Waals surface area (Å²) in [7, 11) is -4.37. The molecular formula is C20H17F3N4O3S2. The van der Waals surface area contributed by atoms with E-state index in [2.05, 4.69) is 9.97 Å². The number of pyridine rings is 1. The van der Waals surface area contributed by atoms with Crippen LogP contribution >= 0.6 is 11.3 Å². The van der Waals surface area contributed by atoms with E-state index >= 15 is 0 Å². The number of carbonyl (C=O) groups excluding carboxylic acids is 1. The minimum absolute atomic E-state index is 0.0569. The van der Waals surface area contributed by atoms with E-state index in [1.807, 2.05) is 6.07 Å². The van der Waals surface area contributed by atoms with Gasteiger partial charge in [-0.2, -0.15) is 4.31 Å². The second-order valence-corrected chi connectivity index (χ2v) is 9.79. The van der Waals surface area contributed by atoms with Crippen LogP contribution in [-0.4, -0.2) is 59.7 Å². The Morgan fingerprint density at radius 3 is 2.50 bits per heavy atom. The molecule has 1 aliphatic rings. The minimum atomic E-state index is -4.37. The summed E-state index contributed by atoms with van der Waals surface area (Å²) in [6.07, 6.45) is 3.39. The fraction of sp³-hybridized carbons (Fsp3) is 0.250. The van der Waals surface area contributed by atoms with Crippen molar-refractivity contribution in [3.05, 3.63) is 65.2 Å². The molecule has 2 aromatic heterocycles. The lowest BCUT2D eigenvalue weighted by molar-refractivity contribution is -0.131. The first-order valence-electron chi connectivity index (χ1n) is 9.53. The molecule has 168 valence electrons. The quantitative estimate of drug-likeness (QED) is 0.523. The molecule has 1 aromatic carbocycles. The topological polar surface area (TPSA) is 83.5 Å². The van der Waals surface area contributed by atoms with Crippen molar-refractivity contribution in [2.45, 2.75) is 11.3 Å². The number of halogens is 3. The molecule has 0 atom stereocenters. The van der Waals surface area contributed by atoms with E-state index in [1.165, 1.54) is 16.2 Å². The maximum absolute atomic E-state index is 14.0. The van der Waals surface area contributed by atoms with E-state index in [9.17, 15) is 26.4 Å².